The number of halogens is 1. The summed E-state index contributed by atoms with van der Waals surface area (Å²) in [5, 5.41) is 3.16. The van der Waals surface area contributed by atoms with Crippen molar-refractivity contribution in [3.63, 3.8) is 0 Å². The lowest BCUT2D eigenvalue weighted by Crippen LogP contribution is -2.46. The molecule has 4 nitrogen and oxygen atoms in total. The third-order valence-corrected chi connectivity index (χ3v) is 6.93. The normalized spacial score (nSPS) is 22.3. The molecule has 0 aromatic carbocycles. The molecular weight excluding hydrogens is 336 g/mol. The van der Waals surface area contributed by atoms with Gasteiger partial charge in [0.25, 0.3) is 0 Å². The Balaban J connectivity index is 2.28. The number of likely N-dealkylation sites (N-methyl/N-ethyl adjacent to an activating group) is 1. The highest BCUT2D eigenvalue weighted by atomic mass is 79.9. The second-order valence-corrected chi connectivity index (χ2v) is 9.00. The van der Waals surface area contributed by atoms with E-state index in [1.807, 2.05) is 14.0 Å². The van der Waals surface area contributed by atoms with Crippen LogP contribution in [0, 0.1) is 6.92 Å². The first-order valence-corrected chi connectivity index (χ1v) is 8.93. The topological polar surface area (TPSA) is 49.4 Å². The first kappa shape index (κ1) is 14.5. The van der Waals surface area contributed by atoms with E-state index in [0.29, 0.717) is 18.0 Å². The van der Waals surface area contributed by atoms with Gasteiger partial charge in [0.2, 0.25) is 10.0 Å². The lowest BCUT2D eigenvalue weighted by molar-refractivity contribution is 0.293. The van der Waals surface area contributed by atoms with Crippen LogP contribution in [-0.2, 0) is 10.0 Å². The average Bonchev–Trinajstić information content (AvgIpc) is 2.69. The van der Waals surface area contributed by atoms with Crippen LogP contribution < -0.4 is 5.32 Å². The molecule has 1 aromatic rings. The number of nitrogens with one attached hydrogen (secondary N) is 1. The number of thiophene rings is 1. The zero-order chi connectivity index (χ0) is 13.3. The SMILES string of the molecule is CN[C@H]1CCCN(S(=O)(=O)c2cc(Br)sc2C)C1. The van der Waals surface area contributed by atoms with Crippen molar-refractivity contribution < 1.29 is 8.42 Å². The average molecular weight is 353 g/mol. The van der Waals surface area contributed by atoms with Crippen molar-refractivity contribution in [2.45, 2.75) is 30.7 Å². The zero-order valence-electron chi connectivity index (χ0n) is 10.4. The largest absolute Gasteiger partial charge is 0.316 e. The molecule has 1 aliphatic heterocycles. The molecule has 0 spiro atoms. The van der Waals surface area contributed by atoms with Gasteiger partial charge in [0, 0.05) is 24.0 Å². The van der Waals surface area contributed by atoms with Gasteiger partial charge in [-0.1, -0.05) is 0 Å². The highest BCUT2D eigenvalue weighted by molar-refractivity contribution is 9.11. The van der Waals surface area contributed by atoms with Crippen LogP contribution in [0.2, 0.25) is 0 Å². The molecule has 18 heavy (non-hydrogen) atoms. The molecule has 0 amide bonds. The Kier molecular flexibility index (Phi) is 4.48. The van der Waals surface area contributed by atoms with Crippen LogP contribution in [-0.4, -0.2) is 38.9 Å². The molecule has 1 N–H and O–H groups in total. The Morgan fingerprint density at radius 3 is 2.83 bits per heavy atom. The second-order valence-electron chi connectivity index (χ2n) is 4.46. The monoisotopic (exact) mass is 352 g/mol. The molecule has 2 rings (SSSR count). The van der Waals surface area contributed by atoms with E-state index in [-0.39, 0.29) is 6.04 Å². The number of sulfonamides is 1. The van der Waals surface area contributed by atoms with E-state index < -0.39 is 10.0 Å². The van der Waals surface area contributed by atoms with Gasteiger partial charge in [-0.25, -0.2) is 8.42 Å². The van der Waals surface area contributed by atoms with E-state index in [1.54, 1.807) is 10.4 Å². The minimum absolute atomic E-state index is 0.260. The predicted octanol–water partition coefficient (Wildman–Crippen LogP) is 2.19. The fourth-order valence-electron chi connectivity index (χ4n) is 2.22. The van der Waals surface area contributed by atoms with Crippen molar-refractivity contribution in [3.05, 3.63) is 14.7 Å². The quantitative estimate of drug-likeness (QED) is 0.906. The summed E-state index contributed by atoms with van der Waals surface area (Å²) in [4.78, 5) is 1.28. The molecule has 1 fully saturated rings. The summed E-state index contributed by atoms with van der Waals surface area (Å²) in [6.45, 7) is 3.03. The van der Waals surface area contributed by atoms with E-state index in [2.05, 4.69) is 21.2 Å². The van der Waals surface area contributed by atoms with Gasteiger partial charge in [0.15, 0.2) is 0 Å². The lowest BCUT2D eigenvalue weighted by atomic mass is 10.1. The maximum absolute atomic E-state index is 12.6. The van der Waals surface area contributed by atoms with Crippen LogP contribution >= 0.6 is 27.3 Å². The van der Waals surface area contributed by atoms with E-state index in [1.165, 1.54) is 11.3 Å². The van der Waals surface area contributed by atoms with E-state index in [0.717, 1.165) is 21.5 Å². The van der Waals surface area contributed by atoms with Crippen LogP contribution in [0.5, 0.6) is 0 Å². The number of nitrogens with zero attached hydrogens (tertiary/aromatic N) is 1. The van der Waals surface area contributed by atoms with Crippen molar-refractivity contribution in [1.82, 2.24) is 9.62 Å². The number of piperidine rings is 1. The van der Waals surface area contributed by atoms with Crippen LogP contribution in [0.15, 0.2) is 14.7 Å². The molecule has 1 atom stereocenters. The summed E-state index contributed by atoms with van der Waals surface area (Å²) in [7, 11) is -1.46. The maximum atomic E-state index is 12.6. The maximum Gasteiger partial charge on any atom is 0.244 e. The summed E-state index contributed by atoms with van der Waals surface area (Å²) < 4.78 is 27.6. The van der Waals surface area contributed by atoms with Crippen LogP contribution in [0.1, 0.15) is 17.7 Å². The first-order valence-electron chi connectivity index (χ1n) is 5.88. The fourth-order valence-corrected chi connectivity index (χ4v) is 6.13. The van der Waals surface area contributed by atoms with Gasteiger partial charge in [-0.05, 0) is 48.8 Å². The molecule has 7 heteroatoms. The molecule has 2 heterocycles. The van der Waals surface area contributed by atoms with Crippen molar-refractivity contribution in [2.75, 3.05) is 20.1 Å². The van der Waals surface area contributed by atoms with Crippen molar-refractivity contribution in [1.29, 1.82) is 0 Å². The van der Waals surface area contributed by atoms with Gasteiger partial charge in [-0.3, -0.25) is 0 Å². The molecule has 102 valence electrons. The molecule has 0 unspecified atom stereocenters. The Labute approximate surface area is 121 Å². The smallest absolute Gasteiger partial charge is 0.244 e. The molecule has 0 radical (unpaired) electrons. The Morgan fingerprint density at radius 2 is 2.28 bits per heavy atom. The number of hydrogen-bond donors (Lipinski definition) is 1. The fraction of sp³-hybridized carbons (Fsp3) is 0.636. The Hall–Kier alpha value is 0.0500. The van der Waals surface area contributed by atoms with Gasteiger partial charge in [0.05, 0.1) is 8.68 Å². The Bertz CT molecular complexity index is 527. The third kappa shape index (κ3) is 2.80. The van der Waals surface area contributed by atoms with Crippen molar-refractivity contribution >= 4 is 37.3 Å². The summed E-state index contributed by atoms with van der Waals surface area (Å²) in [5.74, 6) is 0. The predicted molar refractivity (Wildman–Crippen MR) is 77.6 cm³/mol. The zero-order valence-corrected chi connectivity index (χ0v) is 13.7. The first-order chi connectivity index (χ1) is 8.45. The third-order valence-electron chi connectivity index (χ3n) is 3.25. The minimum atomic E-state index is -3.34. The number of hydrogen-bond acceptors (Lipinski definition) is 4. The standard InChI is InChI=1S/C11H17BrN2O2S2/c1-8-10(6-11(12)17-8)18(15,16)14-5-3-4-9(7-14)13-2/h6,9,13H,3-5,7H2,1-2H3/t9-/m0/s1. The highest BCUT2D eigenvalue weighted by Gasteiger charge is 2.31. The van der Waals surface area contributed by atoms with E-state index in [9.17, 15) is 8.42 Å². The van der Waals surface area contributed by atoms with Gasteiger partial charge in [-0.2, -0.15) is 4.31 Å². The van der Waals surface area contributed by atoms with Crippen LogP contribution in [0.4, 0.5) is 0 Å². The van der Waals surface area contributed by atoms with Gasteiger partial charge in [0.1, 0.15) is 0 Å². The lowest BCUT2D eigenvalue weighted by Gasteiger charge is -2.31. The van der Waals surface area contributed by atoms with Crippen LogP contribution in [0.3, 0.4) is 0 Å². The molecule has 0 aliphatic carbocycles. The summed E-state index contributed by atoms with van der Waals surface area (Å²) in [6, 6.07) is 1.97. The molecule has 1 saturated heterocycles. The van der Waals surface area contributed by atoms with Crippen molar-refractivity contribution in [3.8, 4) is 0 Å². The summed E-state index contributed by atoms with van der Waals surface area (Å²) >= 11 is 4.81. The minimum Gasteiger partial charge on any atom is -0.316 e. The van der Waals surface area contributed by atoms with Crippen molar-refractivity contribution in [2.24, 2.45) is 0 Å². The molecule has 1 aromatic heterocycles. The summed E-state index contributed by atoms with van der Waals surface area (Å²) in [5.41, 5.74) is 0. The molecule has 0 bridgehead atoms. The molecular formula is C11H17BrN2O2S2. The van der Waals surface area contributed by atoms with E-state index >= 15 is 0 Å². The number of rotatable bonds is 3. The van der Waals surface area contributed by atoms with E-state index in [4.69, 9.17) is 0 Å². The Morgan fingerprint density at radius 1 is 1.56 bits per heavy atom. The second kappa shape index (κ2) is 5.58. The van der Waals surface area contributed by atoms with Crippen LogP contribution in [0.25, 0.3) is 0 Å². The van der Waals surface area contributed by atoms with Gasteiger partial charge >= 0.3 is 0 Å². The highest BCUT2D eigenvalue weighted by Crippen LogP contribution is 2.32. The summed E-state index contributed by atoms with van der Waals surface area (Å²) in [6.07, 6.45) is 1.95. The molecule has 1 aliphatic rings. The number of aryl methyl sites for hydroxylation is 1. The van der Waals surface area contributed by atoms with Gasteiger partial charge < -0.3 is 5.32 Å². The molecule has 0 saturated carbocycles. The van der Waals surface area contributed by atoms with Gasteiger partial charge in [-0.15, -0.1) is 11.3 Å².